The van der Waals surface area contributed by atoms with Gasteiger partial charge in [0.25, 0.3) is 0 Å². The van der Waals surface area contributed by atoms with E-state index in [-0.39, 0.29) is 5.78 Å². The van der Waals surface area contributed by atoms with Crippen LogP contribution in [0.3, 0.4) is 0 Å². The molecule has 0 atom stereocenters. The van der Waals surface area contributed by atoms with E-state index in [0.717, 1.165) is 22.0 Å². The number of halogens is 1. The Morgan fingerprint density at radius 2 is 2.15 bits per heavy atom. The van der Waals surface area contributed by atoms with Crippen molar-refractivity contribution in [3.8, 4) is 0 Å². The second-order valence-corrected chi connectivity index (χ2v) is 3.85. The molecular weight excluding hydrogens is 230 g/mol. The van der Waals surface area contributed by atoms with Gasteiger partial charge in [0.05, 0.1) is 6.57 Å². The molecule has 0 fully saturated rings. The molecule has 0 spiro atoms. The Labute approximate surface area is 84.5 Å². The molecule has 0 aliphatic heterocycles. The molecule has 1 aliphatic rings. The lowest BCUT2D eigenvalue weighted by Gasteiger charge is -2.00. The van der Waals surface area contributed by atoms with Gasteiger partial charge in [0.15, 0.2) is 5.78 Å². The Bertz CT molecular complexity index is 431. The molecule has 64 valence electrons. The van der Waals surface area contributed by atoms with E-state index in [2.05, 4.69) is 20.8 Å². The molecule has 1 aliphatic carbocycles. The number of aryl methyl sites for hydroxylation is 1. The summed E-state index contributed by atoms with van der Waals surface area (Å²) in [5, 5.41) is 0. The molecule has 0 N–H and O–H groups in total. The molecule has 1 aromatic rings. The van der Waals surface area contributed by atoms with Gasteiger partial charge in [-0.2, -0.15) is 0 Å². The highest BCUT2D eigenvalue weighted by Gasteiger charge is 2.20. The minimum absolute atomic E-state index is 0.160. The molecule has 0 saturated carbocycles. The molecule has 3 heteroatoms. The first-order chi connectivity index (χ1) is 6.22. The fourth-order valence-corrected chi connectivity index (χ4v) is 2.02. The number of Topliss-reactive ketones (excluding diaryl/α,β-unsaturated/α-hetero) is 1. The van der Waals surface area contributed by atoms with Crippen molar-refractivity contribution in [2.75, 3.05) is 0 Å². The number of carbonyl (C=O) groups is 1. The lowest BCUT2D eigenvalue weighted by molar-refractivity contribution is 0.0994. The van der Waals surface area contributed by atoms with Gasteiger partial charge in [-0.25, -0.2) is 4.85 Å². The molecule has 2 nitrogen and oxygen atoms in total. The van der Waals surface area contributed by atoms with Crippen LogP contribution in [0.4, 0.5) is 5.69 Å². The van der Waals surface area contributed by atoms with Crippen LogP contribution >= 0.6 is 15.9 Å². The zero-order valence-corrected chi connectivity index (χ0v) is 8.39. The van der Waals surface area contributed by atoms with Crippen LogP contribution in [0.2, 0.25) is 0 Å². The lowest BCUT2D eigenvalue weighted by atomic mass is 10.1. The molecular formula is C10H6BrNO. The van der Waals surface area contributed by atoms with E-state index in [9.17, 15) is 4.79 Å². The molecule has 0 amide bonds. The van der Waals surface area contributed by atoms with Crippen LogP contribution in [-0.2, 0) is 6.42 Å². The van der Waals surface area contributed by atoms with E-state index in [0.29, 0.717) is 12.1 Å². The normalized spacial score (nSPS) is 14.0. The van der Waals surface area contributed by atoms with Crippen LogP contribution in [0.5, 0.6) is 0 Å². The van der Waals surface area contributed by atoms with Crippen molar-refractivity contribution in [2.45, 2.75) is 12.8 Å². The third-order valence-corrected chi connectivity index (χ3v) is 2.85. The van der Waals surface area contributed by atoms with Gasteiger partial charge in [0.2, 0.25) is 5.69 Å². The zero-order chi connectivity index (χ0) is 9.42. The molecule has 2 rings (SSSR count). The fourth-order valence-electron chi connectivity index (χ4n) is 1.54. The van der Waals surface area contributed by atoms with Crippen molar-refractivity contribution < 1.29 is 4.79 Å². The average Bonchev–Trinajstić information content (AvgIpc) is 2.46. The molecule has 0 aromatic heterocycles. The quantitative estimate of drug-likeness (QED) is 0.634. The third-order valence-electron chi connectivity index (χ3n) is 2.21. The highest BCUT2D eigenvalue weighted by molar-refractivity contribution is 9.10. The van der Waals surface area contributed by atoms with E-state index in [1.807, 2.05) is 6.07 Å². The van der Waals surface area contributed by atoms with Crippen molar-refractivity contribution in [3.63, 3.8) is 0 Å². The predicted molar refractivity (Wildman–Crippen MR) is 53.1 cm³/mol. The van der Waals surface area contributed by atoms with Crippen molar-refractivity contribution in [3.05, 3.63) is 39.1 Å². The number of hydrogen-bond acceptors (Lipinski definition) is 1. The van der Waals surface area contributed by atoms with Gasteiger partial charge in [-0.15, -0.1) is 0 Å². The smallest absolute Gasteiger partial charge is 0.201 e. The maximum Gasteiger partial charge on any atom is 0.201 e. The van der Waals surface area contributed by atoms with Gasteiger partial charge in [0.1, 0.15) is 0 Å². The summed E-state index contributed by atoms with van der Waals surface area (Å²) >= 11 is 3.30. The summed E-state index contributed by atoms with van der Waals surface area (Å²) in [6.45, 7) is 6.90. The summed E-state index contributed by atoms with van der Waals surface area (Å²) in [5.74, 6) is 0.160. The van der Waals surface area contributed by atoms with Crippen LogP contribution in [0, 0.1) is 6.57 Å². The second-order valence-electron chi connectivity index (χ2n) is 3.00. The standard InChI is InChI=1S/C10H6BrNO/c1-12-9-5-7-6(4-8(9)11)2-3-10(7)13/h4-5H,2-3H2. The molecule has 0 saturated heterocycles. The molecule has 13 heavy (non-hydrogen) atoms. The van der Waals surface area contributed by atoms with E-state index in [1.54, 1.807) is 6.07 Å². The van der Waals surface area contributed by atoms with Gasteiger partial charge in [-0.3, -0.25) is 4.79 Å². The summed E-state index contributed by atoms with van der Waals surface area (Å²) in [4.78, 5) is 14.7. The van der Waals surface area contributed by atoms with E-state index in [4.69, 9.17) is 6.57 Å². The lowest BCUT2D eigenvalue weighted by Crippen LogP contribution is -1.90. The summed E-state index contributed by atoms with van der Waals surface area (Å²) in [6, 6.07) is 3.56. The number of rotatable bonds is 0. The van der Waals surface area contributed by atoms with E-state index in [1.165, 1.54) is 0 Å². The number of hydrogen-bond donors (Lipinski definition) is 0. The van der Waals surface area contributed by atoms with E-state index >= 15 is 0 Å². The first-order valence-corrected chi connectivity index (χ1v) is 4.75. The molecule has 0 bridgehead atoms. The monoisotopic (exact) mass is 235 g/mol. The molecule has 0 unspecified atom stereocenters. The van der Waals surface area contributed by atoms with Crippen molar-refractivity contribution in [1.29, 1.82) is 0 Å². The van der Waals surface area contributed by atoms with Crippen LogP contribution in [-0.4, -0.2) is 5.78 Å². The summed E-state index contributed by atoms with van der Waals surface area (Å²) < 4.78 is 0.788. The maximum atomic E-state index is 11.3. The van der Waals surface area contributed by atoms with E-state index < -0.39 is 0 Å². The first kappa shape index (κ1) is 8.46. The Morgan fingerprint density at radius 1 is 1.38 bits per heavy atom. The largest absolute Gasteiger partial charge is 0.294 e. The number of carbonyl (C=O) groups excluding carboxylic acids is 1. The Kier molecular flexibility index (Phi) is 1.93. The Balaban J connectivity index is 2.66. The second kappa shape index (κ2) is 2.97. The summed E-state index contributed by atoms with van der Waals surface area (Å²) in [5.41, 5.74) is 2.31. The number of nitrogens with zero attached hydrogens (tertiary/aromatic N) is 1. The van der Waals surface area contributed by atoms with Crippen LogP contribution < -0.4 is 0 Å². The van der Waals surface area contributed by atoms with Crippen molar-refractivity contribution >= 4 is 27.4 Å². The molecule has 1 aromatic carbocycles. The minimum atomic E-state index is 0.160. The van der Waals surface area contributed by atoms with Gasteiger partial charge in [0, 0.05) is 16.5 Å². The average molecular weight is 236 g/mol. The van der Waals surface area contributed by atoms with Gasteiger partial charge >= 0.3 is 0 Å². The summed E-state index contributed by atoms with van der Waals surface area (Å²) in [7, 11) is 0. The number of benzene rings is 1. The van der Waals surface area contributed by atoms with Gasteiger partial charge < -0.3 is 0 Å². The van der Waals surface area contributed by atoms with Gasteiger partial charge in [-0.1, -0.05) is 22.0 Å². The van der Waals surface area contributed by atoms with Crippen LogP contribution in [0.1, 0.15) is 22.3 Å². The number of ketones is 1. The predicted octanol–water partition coefficient (Wildman–Crippen LogP) is 3.13. The first-order valence-electron chi connectivity index (χ1n) is 3.95. The fraction of sp³-hybridized carbons (Fsp3) is 0.200. The topological polar surface area (TPSA) is 21.4 Å². The highest BCUT2D eigenvalue weighted by atomic mass is 79.9. The number of fused-ring (bicyclic) bond motifs is 1. The molecule has 0 heterocycles. The molecule has 0 radical (unpaired) electrons. The third kappa shape index (κ3) is 1.27. The van der Waals surface area contributed by atoms with Crippen LogP contribution in [0.25, 0.3) is 4.85 Å². The highest BCUT2D eigenvalue weighted by Crippen LogP contribution is 2.33. The van der Waals surface area contributed by atoms with Gasteiger partial charge in [-0.05, 0) is 18.1 Å². The van der Waals surface area contributed by atoms with Crippen molar-refractivity contribution in [1.82, 2.24) is 0 Å². The SMILES string of the molecule is [C-]#[N+]c1cc2c(cc1Br)CCC2=O. The summed E-state index contributed by atoms with van der Waals surface area (Å²) in [6.07, 6.45) is 1.40. The Hall–Kier alpha value is -1.14. The maximum absolute atomic E-state index is 11.3. The minimum Gasteiger partial charge on any atom is -0.294 e. The zero-order valence-electron chi connectivity index (χ0n) is 6.80. The van der Waals surface area contributed by atoms with Crippen LogP contribution in [0.15, 0.2) is 16.6 Å². The Morgan fingerprint density at radius 3 is 2.85 bits per heavy atom. The van der Waals surface area contributed by atoms with Crippen molar-refractivity contribution in [2.24, 2.45) is 0 Å².